The Morgan fingerprint density at radius 1 is 1.09 bits per heavy atom. The molecule has 0 unspecified atom stereocenters. The second-order valence-electron chi connectivity index (χ2n) is 5.15. The molecule has 0 spiro atoms. The van der Waals surface area contributed by atoms with Crippen LogP contribution in [0.25, 0.3) is 0 Å². The summed E-state index contributed by atoms with van der Waals surface area (Å²) in [5, 5.41) is 0. The zero-order valence-electron chi connectivity index (χ0n) is 13.1. The summed E-state index contributed by atoms with van der Waals surface area (Å²) in [6, 6.07) is 11.6. The van der Waals surface area contributed by atoms with E-state index in [0.29, 0.717) is 18.0 Å². The van der Waals surface area contributed by atoms with Crippen LogP contribution in [0, 0.1) is 19.7 Å². The van der Waals surface area contributed by atoms with Crippen molar-refractivity contribution in [2.24, 2.45) is 0 Å². The van der Waals surface area contributed by atoms with Gasteiger partial charge in [0.05, 0.1) is 0 Å². The first-order valence-electron chi connectivity index (χ1n) is 7.27. The maximum absolute atomic E-state index is 13.0. The number of benzene rings is 2. The summed E-state index contributed by atoms with van der Waals surface area (Å²) in [7, 11) is 0. The Kier molecular flexibility index (Phi) is 5.15. The lowest BCUT2D eigenvalue weighted by Gasteiger charge is -2.21. The summed E-state index contributed by atoms with van der Waals surface area (Å²) in [4.78, 5) is 13.9. The number of anilines is 1. The van der Waals surface area contributed by atoms with E-state index in [1.54, 1.807) is 17.0 Å². The minimum Gasteiger partial charge on any atom is -0.484 e. The Bertz CT molecular complexity index is 653. The smallest absolute Gasteiger partial charge is 0.264 e. The van der Waals surface area contributed by atoms with Gasteiger partial charge in [-0.1, -0.05) is 6.07 Å². The molecule has 4 heteroatoms. The molecule has 0 bridgehead atoms. The van der Waals surface area contributed by atoms with E-state index in [0.717, 1.165) is 5.56 Å². The lowest BCUT2D eigenvalue weighted by Crippen LogP contribution is -2.34. The molecular formula is C18H20FNO2. The number of hydrogen-bond acceptors (Lipinski definition) is 2. The normalized spacial score (nSPS) is 10.4. The van der Waals surface area contributed by atoms with E-state index in [4.69, 9.17) is 4.74 Å². The Labute approximate surface area is 130 Å². The van der Waals surface area contributed by atoms with Crippen LogP contribution in [0.1, 0.15) is 18.1 Å². The fourth-order valence-corrected chi connectivity index (χ4v) is 2.15. The van der Waals surface area contributed by atoms with Crippen LogP contribution in [0.4, 0.5) is 10.1 Å². The number of amides is 1. The third-order valence-electron chi connectivity index (χ3n) is 3.60. The number of likely N-dealkylation sites (N-methyl/N-ethyl adjacent to an activating group) is 1. The summed E-state index contributed by atoms with van der Waals surface area (Å²) in [5.41, 5.74) is 2.97. The summed E-state index contributed by atoms with van der Waals surface area (Å²) in [6.45, 7) is 6.35. The first-order chi connectivity index (χ1) is 10.5. The molecule has 0 aromatic heterocycles. The van der Waals surface area contributed by atoms with Gasteiger partial charge >= 0.3 is 0 Å². The van der Waals surface area contributed by atoms with Gasteiger partial charge in [0.2, 0.25) is 0 Å². The summed E-state index contributed by atoms with van der Waals surface area (Å²) >= 11 is 0. The average molecular weight is 301 g/mol. The van der Waals surface area contributed by atoms with E-state index < -0.39 is 0 Å². The number of rotatable bonds is 5. The van der Waals surface area contributed by atoms with E-state index >= 15 is 0 Å². The second kappa shape index (κ2) is 7.07. The molecule has 0 radical (unpaired) electrons. The van der Waals surface area contributed by atoms with Crippen molar-refractivity contribution in [2.75, 3.05) is 18.1 Å². The van der Waals surface area contributed by atoms with E-state index in [-0.39, 0.29) is 18.3 Å². The molecule has 0 aliphatic rings. The highest BCUT2D eigenvalue weighted by Crippen LogP contribution is 2.18. The first kappa shape index (κ1) is 16.0. The topological polar surface area (TPSA) is 29.5 Å². The van der Waals surface area contributed by atoms with Crippen molar-refractivity contribution in [1.82, 2.24) is 0 Å². The van der Waals surface area contributed by atoms with Crippen LogP contribution in [-0.2, 0) is 4.79 Å². The Balaban J connectivity index is 2.03. The first-order valence-corrected chi connectivity index (χ1v) is 7.27. The standard InChI is InChI=1S/C18H20FNO2/c1-4-20(16-8-6-15(19)7-9-16)18(21)12-22-17-10-5-13(2)14(3)11-17/h5-11H,4,12H2,1-3H3. The molecule has 0 aliphatic carbocycles. The summed E-state index contributed by atoms with van der Waals surface area (Å²) in [6.07, 6.45) is 0. The fraction of sp³-hybridized carbons (Fsp3) is 0.278. The largest absolute Gasteiger partial charge is 0.484 e. The Morgan fingerprint density at radius 3 is 2.36 bits per heavy atom. The van der Waals surface area contributed by atoms with Crippen molar-refractivity contribution < 1.29 is 13.9 Å². The van der Waals surface area contributed by atoms with Crippen LogP contribution in [0.2, 0.25) is 0 Å². The molecule has 0 N–H and O–H groups in total. The Hall–Kier alpha value is -2.36. The van der Waals surface area contributed by atoms with Gasteiger partial charge in [0, 0.05) is 12.2 Å². The average Bonchev–Trinajstić information content (AvgIpc) is 2.51. The quantitative estimate of drug-likeness (QED) is 0.839. The highest BCUT2D eigenvalue weighted by atomic mass is 19.1. The fourth-order valence-electron chi connectivity index (χ4n) is 2.15. The van der Waals surface area contributed by atoms with E-state index in [2.05, 4.69) is 0 Å². The van der Waals surface area contributed by atoms with Gasteiger partial charge in [-0.3, -0.25) is 4.79 Å². The molecule has 1 amide bonds. The molecule has 0 aliphatic heterocycles. The maximum Gasteiger partial charge on any atom is 0.264 e. The van der Waals surface area contributed by atoms with Gasteiger partial charge in [-0.15, -0.1) is 0 Å². The van der Waals surface area contributed by atoms with Gasteiger partial charge in [-0.2, -0.15) is 0 Å². The van der Waals surface area contributed by atoms with Crippen molar-refractivity contribution in [3.05, 3.63) is 59.4 Å². The molecule has 0 atom stereocenters. The number of ether oxygens (including phenoxy) is 1. The monoisotopic (exact) mass is 301 g/mol. The molecule has 3 nitrogen and oxygen atoms in total. The maximum atomic E-state index is 13.0. The number of carbonyl (C=O) groups is 1. The minimum atomic E-state index is -0.321. The van der Waals surface area contributed by atoms with Crippen molar-refractivity contribution in [3.63, 3.8) is 0 Å². The van der Waals surface area contributed by atoms with Crippen LogP contribution < -0.4 is 9.64 Å². The second-order valence-corrected chi connectivity index (χ2v) is 5.15. The highest BCUT2D eigenvalue weighted by Gasteiger charge is 2.14. The van der Waals surface area contributed by atoms with E-state index in [1.807, 2.05) is 39.0 Å². The van der Waals surface area contributed by atoms with Gasteiger partial charge in [-0.05, 0) is 68.3 Å². The van der Waals surface area contributed by atoms with E-state index in [1.165, 1.54) is 17.7 Å². The number of nitrogens with zero attached hydrogens (tertiary/aromatic N) is 1. The van der Waals surface area contributed by atoms with Gasteiger partial charge in [0.1, 0.15) is 11.6 Å². The van der Waals surface area contributed by atoms with Gasteiger partial charge in [-0.25, -0.2) is 4.39 Å². The molecule has 0 saturated carbocycles. The zero-order chi connectivity index (χ0) is 16.1. The molecule has 22 heavy (non-hydrogen) atoms. The molecule has 2 rings (SSSR count). The molecular weight excluding hydrogens is 281 g/mol. The molecule has 0 heterocycles. The number of hydrogen-bond donors (Lipinski definition) is 0. The van der Waals surface area contributed by atoms with Gasteiger partial charge < -0.3 is 9.64 Å². The molecule has 2 aromatic rings. The number of carbonyl (C=O) groups excluding carboxylic acids is 1. The summed E-state index contributed by atoms with van der Waals surface area (Å²) < 4.78 is 18.5. The number of halogens is 1. The van der Waals surface area contributed by atoms with Crippen LogP contribution in [-0.4, -0.2) is 19.1 Å². The molecule has 116 valence electrons. The Morgan fingerprint density at radius 2 is 1.77 bits per heavy atom. The van der Waals surface area contributed by atoms with Gasteiger partial charge in [0.15, 0.2) is 6.61 Å². The summed E-state index contributed by atoms with van der Waals surface area (Å²) in [5.74, 6) is 0.192. The third kappa shape index (κ3) is 3.85. The lowest BCUT2D eigenvalue weighted by atomic mass is 10.1. The van der Waals surface area contributed by atoms with E-state index in [9.17, 15) is 9.18 Å². The number of aryl methyl sites for hydroxylation is 2. The zero-order valence-corrected chi connectivity index (χ0v) is 13.1. The molecule has 2 aromatic carbocycles. The van der Waals surface area contributed by atoms with Crippen molar-refractivity contribution in [1.29, 1.82) is 0 Å². The van der Waals surface area contributed by atoms with Gasteiger partial charge in [0.25, 0.3) is 5.91 Å². The SMILES string of the molecule is CCN(C(=O)COc1ccc(C)c(C)c1)c1ccc(F)cc1. The van der Waals surface area contributed by atoms with Crippen LogP contribution >= 0.6 is 0 Å². The van der Waals surface area contributed by atoms with Crippen LogP contribution in [0.15, 0.2) is 42.5 Å². The molecule has 0 fully saturated rings. The van der Waals surface area contributed by atoms with Crippen LogP contribution in [0.3, 0.4) is 0 Å². The minimum absolute atomic E-state index is 0.0479. The predicted molar refractivity (Wildman–Crippen MR) is 85.8 cm³/mol. The molecule has 0 saturated heterocycles. The van der Waals surface area contributed by atoms with Crippen LogP contribution in [0.5, 0.6) is 5.75 Å². The van der Waals surface area contributed by atoms with Crippen molar-refractivity contribution >= 4 is 11.6 Å². The van der Waals surface area contributed by atoms with Crippen molar-refractivity contribution in [2.45, 2.75) is 20.8 Å². The highest BCUT2D eigenvalue weighted by molar-refractivity contribution is 5.94. The lowest BCUT2D eigenvalue weighted by molar-refractivity contribution is -0.120. The predicted octanol–water partition coefficient (Wildman–Crippen LogP) is 3.87. The van der Waals surface area contributed by atoms with Crippen molar-refractivity contribution in [3.8, 4) is 5.75 Å². The third-order valence-corrected chi connectivity index (χ3v) is 3.60.